The molecule has 0 aliphatic carbocycles. The third kappa shape index (κ3) is 2.14. The fraction of sp³-hybridized carbons (Fsp3) is 0.571. The Labute approximate surface area is 69.4 Å². The summed E-state index contributed by atoms with van der Waals surface area (Å²) in [4.78, 5) is 0. The molecule has 1 aromatic rings. The van der Waals surface area contributed by atoms with E-state index in [9.17, 15) is 0 Å². The monoisotopic (exact) mass is 202 g/mol. The molecule has 0 atom stereocenters. The summed E-state index contributed by atoms with van der Waals surface area (Å²) in [5.74, 6) is 0. The summed E-state index contributed by atoms with van der Waals surface area (Å²) in [7, 11) is 1.94. The van der Waals surface area contributed by atoms with Gasteiger partial charge >= 0.3 is 0 Å². The molecule has 3 heteroatoms. The average Bonchev–Trinajstić information content (AvgIpc) is 2.31. The topological polar surface area (TPSA) is 17.8 Å². The van der Waals surface area contributed by atoms with Crippen LogP contribution in [-0.2, 0) is 13.5 Å². The molecular weight excluding hydrogens is 192 g/mol. The summed E-state index contributed by atoms with van der Waals surface area (Å²) in [6.07, 6.45) is 6.29. The van der Waals surface area contributed by atoms with Crippen molar-refractivity contribution in [2.45, 2.75) is 12.8 Å². The lowest BCUT2D eigenvalue weighted by molar-refractivity contribution is 0.766. The van der Waals surface area contributed by atoms with Crippen molar-refractivity contribution < 1.29 is 0 Å². The van der Waals surface area contributed by atoms with Gasteiger partial charge in [0.1, 0.15) is 0 Å². The first-order valence-electron chi connectivity index (χ1n) is 3.36. The minimum atomic E-state index is 1.07. The molecule has 0 aliphatic rings. The molecule has 2 nitrogen and oxygen atoms in total. The lowest BCUT2D eigenvalue weighted by Crippen LogP contribution is -1.85. The van der Waals surface area contributed by atoms with Gasteiger partial charge in [-0.1, -0.05) is 15.9 Å². The van der Waals surface area contributed by atoms with Crippen LogP contribution in [0.4, 0.5) is 0 Å². The molecule has 0 spiro atoms. The van der Waals surface area contributed by atoms with E-state index in [4.69, 9.17) is 0 Å². The summed E-state index contributed by atoms with van der Waals surface area (Å²) in [6, 6.07) is 0. The second-order valence-corrected chi connectivity index (χ2v) is 3.11. The van der Waals surface area contributed by atoms with Gasteiger partial charge in [0, 0.05) is 18.6 Å². The van der Waals surface area contributed by atoms with Crippen molar-refractivity contribution in [3.05, 3.63) is 18.0 Å². The molecule has 1 aromatic heterocycles. The van der Waals surface area contributed by atoms with Crippen LogP contribution in [-0.4, -0.2) is 15.1 Å². The van der Waals surface area contributed by atoms with Gasteiger partial charge in [-0.15, -0.1) is 0 Å². The molecule has 0 fully saturated rings. The normalized spacial score (nSPS) is 10.2. The molecule has 0 aliphatic heterocycles. The largest absolute Gasteiger partial charge is 0.276 e. The molecule has 0 amide bonds. The number of halogens is 1. The number of hydrogen-bond acceptors (Lipinski definition) is 1. The van der Waals surface area contributed by atoms with Crippen molar-refractivity contribution in [3.63, 3.8) is 0 Å². The van der Waals surface area contributed by atoms with E-state index in [-0.39, 0.29) is 0 Å². The van der Waals surface area contributed by atoms with E-state index in [0.717, 1.165) is 11.8 Å². The van der Waals surface area contributed by atoms with Crippen LogP contribution in [0.25, 0.3) is 0 Å². The number of nitrogens with zero attached hydrogens (tertiary/aromatic N) is 2. The second-order valence-electron chi connectivity index (χ2n) is 2.31. The Balaban J connectivity index is 2.42. The summed E-state index contributed by atoms with van der Waals surface area (Å²) < 4.78 is 1.84. The number of hydrogen-bond donors (Lipinski definition) is 0. The lowest BCUT2D eigenvalue weighted by atomic mass is 10.2. The van der Waals surface area contributed by atoms with Crippen molar-refractivity contribution >= 4 is 15.9 Å². The molecule has 0 saturated carbocycles. The number of aromatic nitrogens is 2. The van der Waals surface area contributed by atoms with E-state index in [1.165, 1.54) is 12.0 Å². The minimum absolute atomic E-state index is 1.07. The third-order valence-corrected chi connectivity index (χ3v) is 1.92. The lowest BCUT2D eigenvalue weighted by Gasteiger charge is -1.89. The van der Waals surface area contributed by atoms with E-state index in [1.54, 1.807) is 0 Å². The molecule has 0 aromatic carbocycles. The fourth-order valence-electron chi connectivity index (χ4n) is 0.872. The van der Waals surface area contributed by atoms with Crippen molar-refractivity contribution in [1.82, 2.24) is 9.78 Å². The summed E-state index contributed by atoms with van der Waals surface area (Å²) in [5, 5.41) is 5.14. The van der Waals surface area contributed by atoms with Gasteiger partial charge in [-0.2, -0.15) is 5.10 Å². The predicted octanol–water partition coefficient (Wildman–Crippen LogP) is 1.75. The molecular formula is C7H11BrN2. The fourth-order valence-corrected chi connectivity index (χ4v) is 1.15. The maximum Gasteiger partial charge on any atom is 0.0521 e. The Morgan fingerprint density at radius 2 is 2.50 bits per heavy atom. The van der Waals surface area contributed by atoms with Crippen LogP contribution >= 0.6 is 15.9 Å². The van der Waals surface area contributed by atoms with E-state index in [0.29, 0.717) is 0 Å². The SMILES string of the molecule is Cn1cc(CCCBr)cn1. The smallest absolute Gasteiger partial charge is 0.0521 e. The molecule has 0 N–H and O–H groups in total. The molecule has 0 radical (unpaired) electrons. The standard InChI is InChI=1S/C7H11BrN2/c1-10-6-7(5-9-10)3-2-4-8/h5-6H,2-4H2,1H3. The molecule has 0 saturated heterocycles. The number of alkyl halides is 1. The highest BCUT2D eigenvalue weighted by molar-refractivity contribution is 9.09. The van der Waals surface area contributed by atoms with Crippen LogP contribution in [0.15, 0.2) is 12.4 Å². The maximum absolute atomic E-state index is 4.07. The van der Waals surface area contributed by atoms with Crippen LogP contribution in [0.3, 0.4) is 0 Å². The first kappa shape index (κ1) is 7.79. The Morgan fingerprint density at radius 1 is 1.70 bits per heavy atom. The zero-order valence-electron chi connectivity index (χ0n) is 6.05. The maximum atomic E-state index is 4.07. The first-order chi connectivity index (χ1) is 4.83. The van der Waals surface area contributed by atoms with Crippen molar-refractivity contribution in [2.75, 3.05) is 5.33 Å². The highest BCUT2D eigenvalue weighted by Gasteiger charge is 1.93. The first-order valence-corrected chi connectivity index (χ1v) is 4.48. The van der Waals surface area contributed by atoms with Crippen molar-refractivity contribution in [2.24, 2.45) is 7.05 Å². The van der Waals surface area contributed by atoms with Crippen LogP contribution in [0, 0.1) is 0 Å². The highest BCUT2D eigenvalue weighted by atomic mass is 79.9. The van der Waals surface area contributed by atoms with Gasteiger partial charge in [0.25, 0.3) is 0 Å². The van der Waals surface area contributed by atoms with Gasteiger partial charge in [0.05, 0.1) is 6.20 Å². The van der Waals surface area contributed by atoms with E-state index in [1.807, 2.05) is 17.9 Å². The predicted molar refractivity (Wildman–Crippen MR) is 45.3 cm³/mol. The van der Waals surface area contributed by atoms with Gasteiger partial charge in [-0.3, -0.25) is 4.68 Å². The van der Waals surface area contributed by atoms with Crippen LogP contribution in [0.5, 0.6) is 0 Å². The molecule has 1 heterocycles. The summed E-state index contributed by atoms with van der Waals surface area (Å²) in [6.45, 7) is 0. The molecule has 56 valence electrons. The van der Waals surface area contributed by atoms with E-state index >= 15 is 0 Å². The minimum Gasteiger partial charge on any atom is -0.276 e. The third-order valence-electron chi connectivity index (χ3n) is 1.36. The van der Waals surface area contributed by atoms with E-state index < -0.39 is 0 Å². The zero-order valence-corrected chi connectivity index (χ0v) is 7.63. The summed E-state index contributed by atoms with van der Waals surface area (Å²) in [5.41, 5.74) is 1.32. The quantitative estimate of drug-likeness (QED) is 0.684. The molecule has 0 unspecified atom stereocenters. The van der Waals surface area contributed by atoms with Gasteiger partial charge in [0.15, 0.2) is 0 Å². The summed E-state index contributed by atoms with van der Waals surface area (Å²) >= 11 is 3.39. The van der Waals surface area contributed by atoms with Crippen LogP contribution < -0.4 is 0 Å². The Morgan fingerprint density at radius 3 is 3.00 bits per heavy atom. The molecule has 1 rings (SSSR count). The van der Waals surface area contributed by atoms with Gasteiger partial charge in [0.2, 0.25) is 0 Å². The highest BCUT2D eigenvalue weighted by Crippen LogP contribution is 2.01. The van der Waals surface area contributed by atoms with Gasteiger partial charge in [-0.25, -0.2) is 0 Å². The zero-order chi connectivity index (χ0) is 7.40. The molecule has 10 heavy (non-hydrogen) atoms. The van der Waals surface area contributed by atoms with E-state index in [2.05, 4.69) is 27.2 Å². The van der Waals surface area contributed by atoms with Crippen LogP contribution in [0.1, 0.15) is 12.0 Å². The van der Waals surface area contributed by atoms with Crippen molar-refractivity contribution in [1.29, 1.82) is 0 Å². The second kappa shape index (κ2) is 3.76. The van der Waals surface area contributed by atoms with Gasteiger partial charge < -0.3 is 0 Å². The van der Waals surface area contributed by atoms with Crippen LogP contribution in [0.2, 0.25) is 0 Å². The Hall–Kier alpha value is -0.310. The number of aryl methyl sites for hydroxylation is 2. The van der Waals surface area contributed by atoms with Gasteiger partial charge in [-0.05, 0) is 18.4 Å². The Bertz CT molecular complexity index is 195. The molecule has 0 bridgehead atoms. The van der Waals surface area contributed by atoms with Crippen molar-refractivity contribution in [3.8, 4) is 0 Å². The average molecular weight is 203 g/mol. The Kier molecular flexibility index (Phi) is 2.93. The number of rotatable bonds is 3.